The van der Waals surface area contributed by atoms with Gasteiger partial charge in [0.25, 0.3) is 5.91 Å². The molecule has 104 valence electrons. The number of benzene rings is 2. The van der Waals surface area contributed by atoms with Crippen molar-refractivity contribution < 1.29 is 15.0 Å². The van der Waals surface area contributed by atoms with Gasteiger partial charge in [0.15, 0.2) is 0 Å². The second-order valence-corrected chi connectivity index (χ2v) is 4.75. The van der Waals surface area contributed by atoms with Crippen LogP contribution in [-0.2, 0) is 0 Å². The first-order valence-electron chi connectivity index (χ1n) is 6.36. The first kappa shape index (κ1) is 14.1. The van der Waals surface area contributed by atoms with Gasteiger partial charge < -0.3 is 15.5 Å². The second-order valence-electron chi connectivity index (χ2n) is 4.75. The molecule has 0 aliphatic rings. The van der Waals surface area contributed by atoms with Crippen LogP contribution in [0, 0.1) is 6.92 Å². The first-order valence-corrected chi connectivity index (χ1v) is 6.36. The van der Waals surface area contributed by atoms with Gasteiger partial charge in [-0.1, -0.05) is 12.1 Å². The molecule has 0 saturated carbocycles. The van der Waals surface area contributed by atoms with Gasteiger partial charge in [-0.05, 0) is 55.3 Å². The number of aromatic hydroxyl groups is 1. The van der Waals surface area contributed by atoms with Crippen LogP contribution in [0.15, 0.2) is 42.5 Å². The Labute approximate surface area is 117 Å². The van der Waals surface area contributed by atoms with Crippen molar-refractivity contribution in [3.05, 3.63) is 59.2 Å². The van der Waals surface area contributed by atoms with Crippen molar-refractivity contribution in [1.29, 1.82) is 0 Å². The molecular formula is C16H17NO3. The molecule has 3 N–H and O–H groups in total. The van der Waals surface area contributed by atoms with Crippen LogP contribution in [0.1, 0.15) is 34.5 Å². The number of amides is 1. The van der Waals surface area contributed by atoms with Gasteiger partial charge >= 0.3 is 0 Å². The van der Waals surface area contributed by atoms with E-state index in [0.29, 0.717) is 16.8 Å². The number of phenolic OH excluding ortho intramolecular Hbond substituents is 1. The minimum Gasteiger partial charge on any atom is -0.508 e. The Morgan fingerprint density at radius 3 is 2.60 bits per heavy atom. The van der Waals surface area contributed by atoms with Crippen LogP contribution in [0.3, 0.4) is 0 Å². The van der Waals surface area contributed by atoms with Crippen LogP contribution in [0.4, 0.5) is 5.69 Å². The van der Waals surface area contributed by atoms with E-state index in [4.69, 9.17) is 0 Å². The lowest BCUT2D eigenvalue weighted by Crippen LogP contribution is -2.13. The van der Waals surface area contributed by atoms with Crippen LogP contribution in [0.25, 0.3) is 0 Å². The van der Waals surface area contributed by atoms with Crippen LogP contribution in [0.2, 0.25) is 0 Å². The molecule has 2 rings (SSSR count). The van der Waals surface area contributed by atoms with Crippen LogP contribution in [0.5, 0.6) is 5.75 Å². The van der Waals surface area contributed by atoms with Gasteiger partial charge in [0.05, 0.1) is 6.10 Å². The van der Waals surface area contributed by atoms with E-state index in [1.165, 1.54) is 6.07 Å². The quantitative estimate of drug-likeness (QED) is 0.803. The number of anilines is 1. The predicted octanol–water partition coefficient (Wildman–Crippen LogP) is 3.01. The average Bonchev–Trinajstić information content (AvgIpc) is 2.38. The van der Waals surface area contributed by atoms with Crippen molar-refractivity contribution in [1.82, 2.24) is 0 Å². The van der Waals surface area contributed by atoms with Crippen molar-refractivity contribution in [2.75, 3.05) is 5.32 Å². The van der Waals surface area contributed by atoms with Crippen molar-refractivity contribution in [2.24, 2.45) is 0 Å². The third-order valence-corrected chi connectivity index (χ3v) is 3.08. The molecule has 2 aromatic rings. The number of hydrogen-bond donors (Lipinski definition) is 3. The molecule has 20 heavy (non-hydrogen) atoms. The van der Waals surface area contributed by atoms with Gasteiger partial charge in [0.2, 0.25) is 0 Å². The molecule has 1 amide bonds. The molecule has 1 unspecified atom stereocenters. The maximum absolute atomic E-state index is 12.2. The summed E-state index contributed by atoms with van der Waals surface area (Å²) in [7, 11) is 0. The smallest absolute Gasteiger partial charge is 0.255 e. The number of phenols is 1. The Morgan fingerprint density at radius 1 is 1.20 bits per heavy atom. The maximum Gasteiger partial charge on any atom is 0.255 e. The van der Waals surface area contributed by atoms with Gasteiger partial charge in [-0.25, -0.2) is 0 Å². The molecule has 2 aromatic carbocycles. The normalized spacial score (nSPS) is 11.9. The van der Waals surface area contributed by atoms with Gasteiger partial charge in [-0.15, -0.1) is 0 Å². The van der Waals surface area contributed by atoms with Gasteiger partial charge in [-0.3, -0.25) is 4.79 Å². The van der Waals surface area contributed by atoms with E-state index in [0.717, 1.165) is 5.56 Å². The number of carbonyl (C=O) groups excluding carboxylic acids is 1. The monoisotopic (exact) mass is 271 g/mol. The van der Waals surface area contributed by atoms with E-state index in [2.05, 4.69) is 5.32 Å². The number of hydrogen-bond acceptors (Lipinski definition) is 3. The molecule has 4 nitrogen and oxygen atoms in total. The van der Waals surface area contributed by atoms with Crippen LogP contribution in [-0.4, -0.2) is 16.1 Å². The molecule has 0 aliphatic heterocycles. The summed E-state index contributed by atoms with van der Waals surface area (Å²) in [6.45, 7) is 3.44. The summed E-state index contributed by atoms with van der Waals surface area (Å²) in [6, 6.07) is 11.7. The lowest BCUT2D eigenvalue weighted by Gasteiger charge is -2.10. The van der Waals surface area contributed by atoms with Gasteiger partial charge in [0.1, 0.15) is 5.75 Å². The summed E-state index contributed by atoms with van der Waals surface area (Å²) in [6.07, 6.45) is -0.581. The Bertz CT molecular complexity index is 635. The number of carbonyl (C=O) groups is 1. The lowest BCUT2D eigenvalue weighted by atomic mass is 10.1. The largest absolute Gasteiger partial charge is 0.508 e. The Balaban J connectivity index is 2.21. The molecule has 1 atom stereocenters. The zero-order valence-corrected chi connectivity index (χ0v) is 11.4. The van der Waals surface area contributed by atoms with Crippen molar-refractivity contribution in [3.8, 4) is 5.75 Å². The highest BCUT2D eigenvalue weighted by molar-refractivity contribution is 6.05. The van der Waals surface area contributed by atoms with Crippen molar-refractivity contribution >= 4 is 11.6 Å². The number of rotatable bonds is 3. The molecule has 0 bridgehead atoms. The summed E-state index contributed by atoms with van der Waals surface area (Å²) < 4.78 is 0. The summed E-state index contributed by atoms with van der Waals surface area (Å²) in [5.41, 5.74) is 2.57. The van der Waals surface area contributed by atoms with E-state index in [1.54, 1.807) is 50.2 Å². The van der Waals surface area contributed by atoms with Crippen LogP contribution < -0.4 is 5.32 Å². The number of aliphatic hydroxyl groups excluding tert-OH is 1. The molecule has 0 saturated heterocycles. The average molecular weight is 271 g/mol. The van der Waals surface area contributed by atoms with E-state index in [1.807, 2.05) is 0 Å². The fourth-order valence-electron chi connectivity index (χ4n) is 1.98. The summed E-state index contributed by atoms with van der Waals surface area (Å²) in [4.78, 5) is 12.2. The fraction of sp³-hybridized carbons (Fsp3) is 0.188. The first-order chi connectivity index (χ1) is 9.47. The SMILES string of the molecule is Cc1cc(O)ccc1C(=O)Nc1cccc(C(C)O)c1. The Kier molecular flexibility index (Phi) is 4.05. The van der Waals surface area contributed by atoms with E-state index in [-0.39, 0.29) is 11.7 Å². The Hall–Kier alpha value is -2.33. The summed E-state index contributed by atoms with van der Waals surface area (Å²) >= 11 is 0. The maximum atomic E-state index is 12.2. The topological polar surface area (TPSA) is 69.6 Å². The molecule has 4 heteroatoms. The van der Waals surface area contributed by atoms with Crippen LogP contribution >= 0.6 is 0 Å². The predicted molar refractivity (Wildman–Crippen MR) is 77.9 cm³/mol. The number of nitrogens with one attached hydrogen (secondary N) is 1. The van der Waals surface area contributed by atoms with Gasteiger partial charge in [0, 0.05) is 11.3 Å². The fourth-order valence-corrected chi connectivity index (χ4v) is 1.98. The highest BCUT2D eigenvalue weighted by Crippen LogP contribution is 2.20. The van der Waals surface area contributed by atoms with Crippen molar-refractivity contribution in [3.63, 3.8) is 0 Å². The number of aryl methyl sites for hydroxylation is 1. The minimum atomic E-state index is -0.581. The number of aliphatic hydroxyl groups is 1. The summed E-state index contributed by atoms with van der Waals surface area (Å²) in [5, 5.41) is 21.7. The zero-order valence-electron chi connectivity index (χ0n) is 11.4. The zero-order chi connectivity index (χ0) is 14.7. The van der Waals surface area contributed by atoms with Gasteiger partial charge in [-0.2, -0.15) is 0 Å². The summed E-state index contributed by atoms with van der Waals surface area (Å²) in [5.74, 6) is -0.111. The third kappa shape index (κ3) is 3.16. The second kappa shape index (κ2) is 5.75. The van der Waals surface area contributed by atoms with E-state index >= 15 is 0 Å². The standard InChI is InChI=1S/C16H17NO3/c1-10-8-14(19)6-7-15(10)16(20)17-13-5-3-4-12(9-13)11(2)18/h3-9,11,18-19H,1-2H3,(H,17,20). The highest BCUT2D eigenvalue weighted by atomic mass is 16.3. The van der Waals surface area contributed by atoms with Crippen molar-refractivity contribution in [2.45, 2.75) is 20.0 Å². The Morgan fingerprint density at radius 2 is 1.95 bits per heavy atom. The minimum absolute atomic E-state index is 0.134. The van der Waals surface area contributed by atoms with E-state index < -0.39 is 6.10 Å². The molecular weight excluding hydrogens is 254 g/mol. The molecule has 0 spiro atoms. The molecule has 0 aliphatic carbocycles. The molecule has 0 heterocycles. The highest BCUT2D eigenvalue weighted by Gasteiger charge is 2.10. The lowest BCUT2D eigenvalue weighted by molar-refractivity contribution is 0.102. The third-order valence-electron chi connectivity index (χ3n) is 3.08. The van der Waals surface area contributed by atoms with E-state index in [9.17, 15) is 15.0 Å². The molecule has 0 aromatic heterocycles. The molecule has 0 fully saturated rings. The molecule has 0 radical (unpaired) electrons.